The summed E-state index contributed by atoms with van der Waals surface area (Å²) in [5.74, 6) is 1.07. The van der Waals surface area contributed by atoms with E-state index >= 15 is 0 Å². The molecule has 0 aromatic carbocycles. The zero-order valence-electron chi connectivity index (χ0n) is 11.4. The lowest BCUT2D eigenvalue weighted by atomic mass is 10.0. The molecule has 0 spiro atoms. The van der Waals surface area contributed by atoms with Crippen molar-refractivity contribution >= 4 is 5.57 Å². The number of hydrogen-bond donors (Lipinski definition) is 0. The van der Waals surface area contributed by atoms with E-state index in [2.05, 4.69) is 0 Å². The molecule has 0 radical (unpaired) electrons. The van der Waals surface area contributed by atoms with Crippen molar-refractivity contribution in [3.63, 3.8) is 0 Å². The Balaban J connectivity index is 2.40. The minimum Gasteiger partial charge on any atom is -0.496 e. The third kappa shape index (κ3) is 2.20. The molecule has 1 aliphatic rings. The van der Waals surface area contributed by atoms with E-state index in [-0.39, 0.29) is 17.3 Å². The summed E-state index contributed by atoms with van der Waals surface area (Å²) < 4.78 is 15.9. The van der Waals surface area contributed by atoms with E-state index < -0.39 is 0 Å². The van der Waals surface area contributed by atoms with Gasteiger partial charge in [-0.25, -0.2) is 4.79 Å². The molecule has 0 aliphatic carbocycles. The Morgan fingerprint density at radius 2 is 2.17 bits per heavy atom. The van der Waals surface area contributed by atoms with Gasteiger partial charge in [-0.05, 0) is 39.3 Å². The summed E-state index contributed by atoms with van der Waals surface area (Å²) in [7, 11) is 1.54. The number of rotatable bonds is 3. The first-order chi connectivity index (χ1) is 8.37. The van der Waals surface area contributed by atoms with Crippen molar-refractivity contribution in [2.75, 3.05) is 7.11 Å². The molecule has 2 atom stereocenters. The lowest BCUT2D eigenvalue weighted by Crippen LogP contribution is -2.08. The molecule has 0 saturated carbocycles. The van der Waals surface area contributed by atoms with Gasteiger partial charge in [0.15, 0.2) is 0 Å². The predicted octanol–water partition coefficient (Wildman–Crippen LogP) is 2.54. The van der Waals surface area contributed by atoms with Crippen molar-refractivity contribution in [2.24, 2.45) is 0 Å². The first-order valence-electron chi connectivity index (χ1n) is 5.94. The normalized spacial score (nSPS) is 27.2. The molecular formula is C14H18O4. The van der Waals surface area contributed by atoms with Gasteiger partial charge in [0.2, 0.25) is 0 Å². The van der Waals surface area contributed by atoms with Crippen LogP contribution in [0.15, 0.2) is 21.4 Å². The van der Waals surface area contributed by atoms with Gasteiger partial charge in [0.05, 0.1) is 18.8 Å². The van der Waals surface area contributed by atoms with Gasteiger partial charge in [-0.15, -0.1) is 0 Å². The first-order valence-corrected chi connectivity index (χ1v) is 5.94. The van der Waals surface area contributed by atoms with Crippen molar-refractivity contribution in [1.29, 1.82) is 0 Å². The standard InChI is InChI=1S/C14H18O4/c1-8(7-14(4)10(3)18-14)11-6-12(16-5)9(2)13(15)17-11/h6-7,10H,1-5H3/b8-7-/t10-,14-/m0/s1. The Labute approximate surface area is 106 Å². The first kappa shape index (κ1) is 12.9. The third-order valence-electron chi connectivity index (χ3n) is 3.43. The molecule has 1 aliphatic heterocycles. The van der Waals surface area contributed by atoms with Gasteiger partial charge in [0, 0.05) is 6.07 Å². The van der Waals surface area contributed by atoms with Crippen molar-refractivity contribution in [3.05, 3.63) is 33.9 Å². The second-order valence-corrected chi connectivity index (χ2v) is 4.86. The van der Waals surface area contributed by atoms with Gasteiger partial charge in [0.1, 0.15) is 17.1 Å². The summed E-state index contributed by atoms with van der Waals surface area (Å²) in [4.78, 5) is 11.7. The van der Waals surface area contributed by atoms with Gasteiger partial charge >= 0.3 is 5.63 Å². The van der Waals surface area contributed by atoms with Crippen LogP contribution in [-0.2, 0) is 4.74 Å². The highest BCUT2D eigenvalue weighted by Gasteiger charge is 2.46. The maximum Gasteiger partial charge on any atom is 0.342 e. The predicted molar refractivity (Wildman–Crippen MR) is 68.9 cm³/mol. The summed E-state index contributed by atoms with van der Waals surface area (Å²) >= 11 is 0. The zero-order valence-corrected chi connectivity index (χ0v) is 11.4. The van der Waals surface area contributed by atoms with Crippen LogP contribution in [0, 0.1) is 6.92 Å². The molecule has 0 unspecified atom stereocenters. The Kier molecular flexibility index (Phi) is 3.07. The van der Waals surface area contributed by atoms with Crippen LogP contribution < -0.4 is 10.4 Å². The van der Waals surface area contributed by atoms with Crippen LogP contribution in [-0.4, -0.2) is 18.8 Å². The molecule has 1 aromatic heterocycles. The maximum absolute atomic E-state index is 11.7. The van der Waals surface area contributed by atoms with Crippen LogP contribution in [0.4, 0.5) is 0 Å². The fourth-order valence-electron chi connectivity index (χ4n) is 1.94. The van der Waals surface area contributed by atoms with Crippen LogP contribution >= 0.6 is 0 Å². The molecule has 1 saturated heterocycles. The monoisotopic (exact) mass is 250 g/mol. The Morgan fingerprint density at radius 3 is 2.67 bits per heavy atom. The molecule has 1 fully saturated rings. The second kappa shape index (κ2) is 4.28. The Hall–Kier alpha value is -1.55. The topological polar surface area (TPSA) is 52.0 Å². The highest BCUT2D eigenvalue weighted by atomic mass is 16.6. The van der Waals surface area contributed by atoms with Crippen LogP contribution in [0.25, 0.3) is 5.57 Å². The molecular weight excluding hydrogens is 232 g/mol. The highest BCUT2D eigenvalue weighted by molar-refractivity contribution is 5.62. The van der Waals surface area contributed by atoms with Gasteiger partial charge in [0.25, 0.3) is 0 Å². The SMILES string of the molecule is COc1cc(/C(C)=C\[C@]2(C)O[C@H]2C)oc(=O)c1C. The lowest BCUT2D eigenvalue weighted by Gasteiger charge is -2.07. The molecule has 18 heavy (non-hydrogen) atoms. The number of hydrogen-bond acceptors (Lipinski definition) is 4. The zero-order chi connectivity index (χ0) is 13.5. The minimum absolute atomic E-state index is 0.200. The quantitative estimate of drug-likeness (QED) is 0.773. The van der Waals surface area contributed by atoms with Gasteiger partial charge in [-0.1, -0.05) is 0 Å². The molecule has 2 rings (SSSR count). The smallest absolute Gasteiger partial charge is 0.342 e. The largest absolute Gasteiger partial charge is 0.496 e. The lowest BCUT2D eigenvalue weighted by molar-refractivity contribution is 0.349. The van der Waals surface area contributed by atoms with Crippen LogP contribution in [0.5, 0.6) is 5.75 Å². The van der Waals surface area contributed by atoms with Gasteiger partial charge in [-0.2, -0.15) is 0 Å². The maximum atomic E-state index is 11.7. The molecule has 1 aromatic rings. The van der Waals surface area contributed by atoms with Gasteiger partial charge < -0.3 is 13.9 Å². The molecule has 0 N–H and O–H groups in total. The number of epoxide rings is 1. The molecule has 98 valence electrons. The summed E-state index contributed by atoms with van der Waals surface area (Å²) in [6, 6.07) is 1.74. The van der Waals surface area contributed by atoms with Crippen LogP contribution in [0.3, 0.4) is 0 Å². The van der Waals surface area contributed by atoms with Crippen molar-refractivity contribution in [3.8, 4) is 5.75 Å². The number of allylic oxidation sites excluding steroid dienone is 1. The molecule has 4 nitrogen and oxygen atoms in total. The average molecular weight is 250 g/mol. The highest BCUT2D eigenvalue weighted by Crippen LogP contribution is 2.39. The molecule has 4 heteroatoms. The van der Waals surface area contributed by atoms with E-state index in [1.165, 1.54) is 7.11 Å². The van der Waals surface area contributed by atoms with E-state index in [1.807, 2.05) is 26.8 Å². The number of ether oxygens (including phenoxy) is 2. The summed E-state index contributed by atoms with van der Waals surface area (Å²) in [5.41, 5.74) is 0.737. The van der Waals surface area contributed by atoms with E-state index in [0.29, 0.717) is 17.1 Å². The summed E-state index contributed by atoms with van der Waals surface area (Å²) in [5, 5.41) is 0. The van der Waals surface area contributed by atoms with Crippen LogP contribution in [0.2, 0.25) is 0 Å². The molecule has 2 heterocycles. The van der Waals surface area contributed by atoms with Crippen molar-refractivity contribution in [1.82, 2.24) is 0 Å². The fourth-order valence-corrected chi connectivity index (χ4v) is 1.94. The number of methoxy groups -OCH3 is 1. The summed E-state index contributed by atoms with van der Waals surface area (Å²) in [6.07, 6.45) is 2.18. The van der Waals surface area contributed by atoms with Gasteiger partial charge in [-0.3, -0.25) is 0 Å². The third-order valence-corrected chi connectivity index (χ3v) is 3.43. The van der Waals surface area contributed by atoms with Crippen molar-refractivity contribution in [2.45, 2.75) is 39.4 Å². The van der Waals surface area contributed by atoms with Crippen LogP contribution in [0.1, 0.15) is 32.1 Å². The second-order valence-electron chi connectivity index (χ2n) is 4.86. The fraction of sp³-hybridized carbons (Fsp3) is 0.500. The Bertz CT molecular complexity index is 555. The van der Waals surface area contributed by atoms with Crippen molar-refractivity contribution < 1.29 is 13.9 Å². The van der Waals surface area contributed by atoms with E-state index in [1.54, 1.807) is 13.0 Å². The molecule has 0 bridgehead atoms. The van der Waals surface area contributed by atoms with E-state index in [4.69, 9.17) is 13.9 Å². The minimum atomic E-state index is -0.369. The molecule has 0 amide bonds. The average Bonchev–Trinajstić information content (AvgIpc) is 2.89. The van der Waals surface area contributed by atoms with E-state index in [9.17, 15) is 4.79 Å². The summed E-state index contributed by atoms with van der Waals surface area (Å²) in [6.45, 7) is 7.59. The Morgan fingerprint density at radius 1 is 1.56 bits per heavy atom. The van der Waals surface area contributed by atoms with E-state index in [0.717, 1.165) is 5.57 Å².